The van der Waals surface area contributed by atoms with Gasteiger partial charge in [0.05, 0.1) is 0 Å². The summed E-state index contributed by atoms with van der Waals surface area (Å²) in [4.78, 5) is 0. The quantitative estimate of drug-likeness (QED) is 0.488. The van der Waals surface area contributed by atoms with Crippen molar-refractivity contribution >= 4 is 27.1 Å². The van der Waals surface area contributed by atoms with Gasteiger partial charge in [0.25, 0.3) is 0 Å². The Labute approximate surface area is 119 Å². The molecule has 20 heavy (non-hydrogen) atoms. The highest BCUT2D eigenvalue weighted by molar-refractivity contribution is 6.13. The van der Waals surface area contributed by atoms with Crippen LogP contribution in [0.1, 0.15) is 18.9 Å². The predicted molar refractivity (Wildman–Crippen MR) is 87.8 cm³/mol. The fraction of sp³-hybridized carbons (Fsp3) is 0.100. The van der Waals surface area contributed by atoms with E-state index in [1.165, 1.54) is 38.3 Å². The molecule has 3 aromatic carbocycles. The maximum absolute atomic E-state index is 2.34. The number of benzene rings is 3. The number of fused-ring (bicyclic) bond motifs is 3. The number of allylic oxidation sites excluding steroid dienone is 4. The summed E-state index contributed by atoms with van der Waals surface area (Å²) in [7, 11) is 0. The molecule has 4 rings (SSSR count). The Kier molecular flexibility index (Phi) is 2.50. The van der Waals surface area contributed by atoms with E-state index >= 15 is 0 Å². The van der Waals surface area contributed by atoms with Crippen LogP contribution in [-0.4, -0.2) is 0 Å². The predicted octanol–water partition coefficient (Wildman–Crippen LogP) is 5.73. The molecule has 1 aliphatic rings. The minimum Gasteiger partial charge on any atom is -0.0772 e. The lowest BCUT2D eigenvalue weighted by Gasteiger charge is -2.12. The molecule has 0 N–H and O–H groups in total. The van der Waals surface area contributed by atoms with Gasteiger partial charge in [-0.05, 0) is 57.7 Å². The second-order valence-electron chi connectivity index (χ2n) is 5.43. The summed E-state index contributed by atoms with van der Waals surface area (Å²) < 4.78 is 0. The van der Waals surface area contributed by atoms with Gasteiger partial charge in [0.1, 0.15) is 0 Å². The minimum absolute atomic E-state index is 1.06. The third kappa shape index (κ3) is 1.61. The van der Waals surface area contributed by atoms with Crippen LogP contribution < -0.4 is 0 Å². The molecule has 0 atom stereocenters. The first-order valence-corrected chi connectivity index (χ1v) is 7.13. The van der Waals surface area contributed by atoms with Gasteiger partial charge in [-0.25, -0.2) is 0 Å². The average Bonchev–Trinajstić information content (AvgIpc) is 2.92. The SMILES string of the molecule is CC1=CCC=C1c1cc2ccccc2c2ccccc12. The molecule has 0 heterocycles. The highest BCUT2D eigenvalue weighted by Gasteiger charge is 2.13. The van der Waals surface area contributed by atoms with E-state index in [1.807, 2.05) is 0 Å². The van der Waals surface area contributed by atoms with E-state index in [1.54, 1.807) is 0 Å². The molecule has 0 aromatic heterocycles. The molecule has 0 saturated carbocycles. The van der Waals surface area contributed by atoms with Crippen LogP contribution in [0.15, 0.2) is 72.3 Å². The fourth-order valence-corrected chi connectivity index (χ4v) is 3.22. The molecule has 0 saturated heterocycles. The zero-order valence-electron chi connectivity index (χ0n) is 11.6. The molecule has 0 heteroatoms. The summed E-state index contributed by atoms with van der Waals surface area (Å²) in [6, 6.07) is 19.7. The van der Waals surface area contributed by atoms with E-state index in [-0.39, 0.29) is 0 Å². The van der Waals surface area contributed by atoms with Crippen LogP contribution in [0.5, 0.6) is 0 Å². The highest BCUT2D eigenvalue weighted by atomic mass is 14.2. The van der Waals surface area contributed by atoms with E-state index in [0.29, 0.717) is 0 Å². The van der Waals surface area contributed by atoms with Gasteiger partial charge >= 0.3 is 0 Å². The summed E-state index contributed by atoms with van der Waals surface area (Å²) in [5.41, 5.74) is 4.16. The van der Waals surface area contributed by atoms with Crippen molar-refractivity contribution in [2.75, 3.05) is 0 Å². The second-order valence-corrected chi connectivity index (χ2v) is 5.43. The van der Waals surface area contributed by atoms with Crippen molar-refractivity contribution < 1.29 is 0 Å². The van der Waals surface area contributed by atoms with Gasteiger partial charge in [0.15, 0.2) is 0 Å². The van der Waals surface area contributed by atoms with Crippen LogP contribution in [0.2, 0.25) is 0 Å². The first kappa shape index (κ1) is 11.5. The molecule has 0 radical (unpaired) electrons. The van der Waals surface area contributed by atoms with Gasteiger partial charge in [-0.3, -0.25) is 0 Å². The lowest BCUT2D eigenvalue weighted by molar-refractivity contribution is 1.42. The van der Waals surface area contributed by atoms with Crippen molar-refractivity contribution in [3.63, 3.8) is 0 Å². The van der Waals surface area contributed by atoms with Crippen molar-refractivity contribution in [3.05, 3.63) is 77.9 Å². The molecular formula is C20H16. The van der Waals surface area contributed by atoms with Gasteiger partial charge in [-0.2, -0.15) is 0 Å². The standard InChI is InChI=1S/C20H16/c1-14-7-6-12-16(14)20-13-15-8-2-3-9-17(15)18-10-4-5-11-19(18)20/h2-5,7-13H,6H2,1H3. The lowest BCUT2D eigenvalue weighted by Crippen LogP contribution is -1.88. The number of hydrogen-bond acceptors (Lipinski definition) is 0. The van der Waals surface area contributed by atoms with E-state index in [2.05, 4.69) is 73.7 Å². The third-order valence-electron chi connectivity index (χ3n) is 4.23. The van der Waals surface area contributed by atoms with E-state index in [4.69, 9.17) is 0 Å². The van der Waals surface area contributed by atoms with Crippen LogP contribution in [0.3, 0.4) is 0 Å². The Balaban J connectivity index is 2.16. The molecule has 1 aliphatic carbocycles. The van der Waals surface area contributed by atoms with Crippen molar-refractivity contribution in [2.45, 2.75) is 13.3 Å². The first-order chi connectivity index (χ1) is 9.84. The van der Waals surface area contributed by atoms with Gasteiger partial charge < -0.3 is 0 Å². The van der Waals surface area contributed by atoms with Crippen molar-refractivity contribution in [2.24, 2.45) is 0 Å². The minimum atomic E-state index is 1.06. The molecule has 0 nitrogen and oxygen atoms in total. The third-order valence-corrected chi connectivity index (χ3v) is 4.23. The molecule has 0 aliphatic heterocycles. The maximum atomic E-state index is 2.34. The van der Waals surface area contributed by atoms with Gasteiger partial charge in [-0.15, -0.1) is 0 Å². The van der Waals surface area contributed by atoms with Gasteiger partial charge in [0.2, 0.25) is 0 Å². The summed E-state index contributed by atoms with van der Waals surface area (Å²) in [5, 5.41) is 5.36. The molecule has 3 aromatic rings. The van der Waals surface area contributed by atoms with Crippen LogP contribution in [0.25, 0.3) is 27.1 Å². The van der Waals surface area contributed by atoms with E-state index in [9.17, 15) is 0 Å². The zero-order chi connectivity index (χ0) is 13.5. The van der Waals surface area contributed by atoms with Crippen LogP contribution in [0.4, 0.5) is 0 Å². The smallest absolute Gasteiger partial charge is 0.00990 e. The van der Waals surface area contributed by atoms with E-state index < -0.39 is 0 Å². The van der Waals surface area contributed by atoms with Gasteiger partial charge in [0, 0.05) is 0 Å². The Bertz CT molecular complexity index is 879. The summed E-state index contributed by atoms with van der Waals surface area (Å²) >= 11 is 0. The summed E-state index contributed by atoms with van der Waals surface area (Å²) in [6.45, 7) is 2.21. The molecular weight excluding hydrogens is 240 g/mol. The average molecular weight is 256 g/mol. The summed E-state index contributed by atoms with van der Waals surface area (Å²) in [5.74, 6) is 0. The second kappa shape index (κ2) is 4.35. The molecule has 0 bridgehead atoms. The maximum Gasteiger partial charge on any atom is -0.00990 e. The number of hydrogen-bond donors (Lipinski definition) is 0. The van der Waals surface area contributed by atoms with E-state index in [0.717, 1.165) is 6.42 Å². The first-order valence-electron chi connectivity index (χ1n) is 7.13. The summed E-state index contributed by atoms with van der Waals surface area (Å²) in [6.07, 6.45) is 5.70. The molecule has 96 valence electrons. The fourth-order valence-electron chi connectivity index (χ4n) is 3.22. The topological polar surface area (TPSA) is 0 Å². The Morgan fingerprint density at radius 1 is 0.750 bits per heavy atom. The largest absolute Gasteiger partial charge is 0.0772 e. The molecule has 0 spiro atoms. The van der Waals surface area contributed by atoms with Crippen molar-refractivity contribution in [1.82, 2.24) is 0 Å². The van der Waals surface area contributed by atoms with Crippen LogP contribution >= 0.6 is 0 Å². The molecule has 0 unspecified atom stereocenters. The van der Waals surface area contributed by atoms with Gasteiger partial charge in [-0.1, -0.05) is 60.7 Å². The lowest BCUT2D eigenvalue weighted by atomic mass is 9.91. The number of rotatable bonds is 1. The Morgan fingerprint density at radius 2 is 1.45 bits per heavy atom. The normalized spacial score (nSPS) is 14.7. The van der Waals surface area contributed by atoms with Crippen LogP contribution in [-0.2, 0) is 0 Å². The monoisotopic (exact) mass is 256 g/mol. The highest BCUT2D eigenvalue weighted by Crippen LogP contribution is 2.37. The Morgan fingerprint density at radius 3 is 2.20 bits per heavy atom. The molecule has 0 amide bonds. The van der Waals surface area contributed by atoms with Crippen molar-refractivity contribution in [1.29, 1.82) is 0 Å². The van der Waals surface area contributed by atoms with Crippen LogP contribution in [0, 0.1) is 0 Å². The van der Waals surface area contributed by atoms with Crippen molar-refractivity contribution in [3.8, 4) is 0 Å². The Hall–Kier alpha value is -2.34. The molecule has 0 fully saturated rings. The zero-order valence-corrected chi connectivity index (χ0v) is 11.6.